The van der Waals surface area contributed by atoms with E-state index < -0.39 is 0 Å². The van der Waals surface area contributed by atoms with Gasteiger partial charge in [0.2, 0.25) is 0 Å². The van der Waals surface area contributed by atoms with Crippen LogP contribution in [0.3, 0.4) is 0 Å². The molecule has 2 N–H and O–H groups in total. The molecule has 1 aliphatic carbocycles. The van der Waals surface area contributed by atoms with Gasteiger partial charge in [-0.25, -0.2) is 0 Å². The summed E-state index contributed by atoms with van der Waals surface area (Å²) in [6, 6.07) is 0.645. The first-order valence-electron chi connectivity index (χ1n) is 5.84. The molecule has 1 aromatic heterocycles. The van der Waals surface area contributed by atoms with E-state index in [0.717, 1.165) is 18.3 Å². The first-order valence-corrected chi connectivity index (χ1v) is 5.84. The van der Waals surface area contributed by atoms with Crippen molar-refractivity contribution >= 4 is 0 Å². The Kier molecular flexibility index (Phi) is 3.66. The monoisotopic (exact) mass is 209 g/mol. The number of aromatic amines is 1. The van der Waals surface area contributed by atoms with Gasteiger partial charge in [-0.15, -0.1) is 10.2 Å². The smallest absolute Gasteiger partial charge is 0.188 e. The highest BCUT2D eigenvalue weighted by atomic mass is 15.5. The molecule has 1 aliphatic rings. The summed E-state index contributed by atoms with van der Waals surface area (Å²) in [5, 5.41) is 17.3. The third kappa shape index (κ3) is 2.99. The molecule has 1 heterocycles. The Hall–Kier alpha value is -0.970. The Balaban J connectivity index is 1.69. The van der Waals surface area contributed by atoms with Gasteiger partial charge in [0, 0.05) is 6.04 Å². The summed E-state index contributed by atoms with van der Waals surface area (Å²) in [5.74, 6) is 1.71. The molecule has 0 unspecified atom stereocenters. The minimum Gasteiger partial charge on any atom is -0.307 e. The van der Waals surface area contributed by atoms with Crippen LogP contribution < -0.4 is 5.32 Å². The summed E-state index contributed by atoms with van der Waals surface area (Å²) in [5.41, 5.74) is 0. The molecule has 5 nitrogen and oxygen atoms in total. The molecule has 5 heteroatoms. The van der Waals surface area contributed by atoms with Crippen molar-refractivity contribution < 1.29 is 0 Å². The fourth-order valence-electron chi connectivity index (χ4n) is 2.27. The second kappa shape index (κ2) is 5.21. The minimum atomic E-state index is 0.645. The molecule has 0 saturated heterocycles. The lowest BCUT2D eigenvalue weighted by Gasteiger charge is -2.28. The highest BCUT2D eigenvalue weighted by molar-refractivity contribution is 4.80. The van der Waals surface area contributed by atoms with Gasteiger partial charge in [0.25, 0.3) is 0 Å². The van der Waals surface area contributed by atoms with Gasteiger partial charge in [0.05, 0.1) is 6.54 Å². The van der Waals surface area contributed by atoms with Crippen LogP contribution in [0.4, 0.5) is 0 Å². The Bertz CT molecular complexity index is 263. The second-order valence-electron chi connectivity index (χ2n) is 4.33. The fraction of sp³-hybridized carbons (Fsp3) is 0.900. The number of hydrogen-bond acceptors (Lipinski definition) is 4. The molecule has 1 fully saturated rings. The molecule has 0 aromatic carbocycles. The number of hydrogen-bond donors (Lipinski definition) is 2. The van der Waals surface area contributed by atoms with Crippen LogP contribution >= 0.6 is 0 Å². The lowest BCUT2D eigenvalue weighted by molar-refractivity contribution is 0.284. The Morgan fingerprint density at radius 1 is 1.33 bits per heavy atom. The van der Waals surface area contributed by atoms with E-state index in [4.69, 9.17) is 0 Å². The number of nitrogens with one attached hydrogen (secondary N) is 2. The van der Waals surface area contributed by atoms with E-state index in [1.54, 1.807) is 0 Å². The van der Waals surface area contributed by atoms with Crippen LogP contribution in [-0.4, -0.2) is 26.7 Å². The van der Waals surface area contributed by atoms with Crippen LogP contribution in [0, 0.1) is 5.92 Å². The van der Waals surface area contributed by atoms with Gasteiger partial charge in [-0.2, -0.15) is 5.21 Å². The van der Waals surface area contributed by atoms with Gasteiger partial charge >= 0.3 is 0 Å². The topological polar surface area (TPSA) is 66.5 Å². The standard InChI is InChI=1S/C10H19N5/c1-2-8-3-5-9(6-4-8)11-7-10-12-14-15-13-10/h8-9,11H,2-7H2,1H3,(H,12,13,14,15). The maximum atomic E-state index is 3.92. The van der Waals surface area contributed by atoms with E-state index in [0.29, 0.717) is 6.04 Å². The summed E-state index contributed by atoms with van der Waals surface area (Å²) >= 11 is 0. The van der Waals surface area contributed by atoms with Crippen molar-refractivity contribution in [1.82, 2.24) is 25.9 Å². The van der Waals surface area contributed by atoms with Crippen molar-refractivity contribution in [2.75, 3.05) is 0 Å². The van der Waals surface area contributed by atoms with Crippen molar-refractivity contribution in [3.63, 3.8) is 0 Å². The first-order chi connectivity index (χ1) is 7.38. The van der Waals surface area contributed by atoms with Crippen LogP contribution in [-0.2, 0) is 6.54 Å². The number of H-pyrrole nitrogens is 1. The summed E-state index contributed by atoms with van der Waals surface area (Å²) in [4.78, 5) is 0. The predicted molar refractivity (Wildman–Crippen MR) is 57.1 cm³/mol. The van der Waals surface area contributed by atoms with Crippen molar-refractivity contribution in [3.8, 4) is 0 Å². The van der Waals surface area contributed by atoms with Gasteiger partial charge in [-0.3, -0.25) is 0 Å². The van der Waals surface area contributed by atoms with Crippen LogP contribution in [0.1, 0.15) is 44.9 Å². The van der Waals surface area contributed by atoms with Crippen molar-refractivity contribution in [2.45, 2.75) is 51.6 Å². The van der Waals surface area contributed by atoms with Gasteiger partial charge in [0.1, 0.15) is 0 Å². The Morgan fingerprint density at radius 3 is 2.73 bits per heavy atom. The normalized spacial score (nSPS) is 26.7. The zero-order valence-electron chi connectivity index (χ0n) is 9.24. The molecule has 0 amide bonds. The third-order valence-electron chi connectivity index (χ3n) is 3.36. The first kappa shape index (κ1) is 10.5. The molecular formula is C10H19N5. The van der Waals surface area contributed by atoms with E-state index >= 15 is 0 Å². The van der Waals surface area contributed by atoms with E-state index in [9.17, 15) is 0 Å². The van der Waals surface area contributed by atoms with Gasteiger partial charge in [0.15, 0.2) is 5.82 Å². The second-order valence-corrected chi connectivity index (χ2v) is 4.33. The Labute approximate surface area is 90.0 Å². The highest BCUT2D eigenvalue weighted by Gasteiger charge is 2.19. The molecular weight excluding hydrogens is 190 g/mol. The summed E-state index contributed by atoms with van der Waals surface area (Å²) in [6.07, 6.45) is 6.63. The van der Waals surface area contributed by atoms with Crippen molar-refractivity contribution in [3.05, 3.63) is 5.82 Å². The van der Waals surface area contributed by atoms with Crippen molar-refractivity contribution in [1.29, 1.82) is 0 Å². The molecule has 1 saturated carbocycles. The van der Waals surface area contributed by atoms with E-state index in [2.05, 4.69) is 32.9 Å². The van der Waals surface area contributed by atoms with E-state index in [1.165, 1.54) is 32.1 Å². The SMILES string of the molecule is CCC1CCC(NCc2nn[nH]n2)CC1. The van der Waals surface area contributed by atoms with Gasteiger partial charge in [-0.1, -0.05) is 18.6 Å². The lowest BCUT2D eigenvalue weighted by atomic mass is 9.84. The molecule has 84 valence electrons. The average molecular weight is 209 g/mol. The number of rotatable bonds is 4. The molecule has 15 heavy (non-hydrogen) atoms. The minimum absolute atomic E-state index is 0.645. The van der Waals surface area contributed by atoms with Crippen LogP contribution in [0.2, 0.25) is 0 Å². The van der Waals surface area contributed by atoms with Crippen LogP contribution in [0.25, 0.3) is 0 Å². The zero-order chi connectivity index (χ0) is 10.5. The van der Waals surface area contributed by atoms with Crippen LogP contribution in [0.15, 0.2) is 0 Å². The molecule has 0 spiro atoms. The maximum absolute atomic E-state index is 3.92. The Morgan fingerprint density at radius 2 is 2.13 bits per heavy atom. The predicted octanol–water partition coefficient (Wildman–Crippen LogP) is 1.26. The summed E-state index contributed by atoms with van der Waals surface area (Å²) in [6.45, 7) is 3.02. The maximum Gasteiger partial charge on any atom is 0.188 e. The summed E-state index contributed by atoms with van der Waals surface area (Å²) in [7, 11) is 0. The number of aromatic nitrogens is 4. The van der Waals surface area contributed by atoms with E-state index in [1.807, 2.05) is 0 Å². The largest absolute Gasteiger partial charge is 0.307 e. The fourth-order valence-corrected chi connectivity index (χ4v) is 2.27. The molecule has 0 radical (unpaired) electrons. The number of tetrazole rings is 1. The van der Waals surface area contributed by atoms with Crippen molar-refractivity contribution in [2.24, 2.45) is 5.92 Å². The quantitative estimate of drug-likeness (QED) is 0.783. The average Bonchev–Trinajstić information content (AvgIpc) is 2.80. The molecule has 2 rings (SSSR count). The molecule has 0 atom stereocenters. The van der Waals surface area contributed by atoms with Gasteiger partial charge < -0.3 is 5.32 Å². The van der Waals surface area contributed by atoms with Crippen LogP contribution in [0.5, 0.6) is 0 Å². The summed E-state index contributed by atoms with van der Waals surface area (Å²) < 4.78 is 0. The number of nitrogens with zero attached hydrogens (tertiary/aromatic N) is 3. The van der Waals surface area contributed by atoms with Gasteiger partial charge in [-0.05, 0) is 31.6 Å². The zero-order valence-corrected chi connectivity index (χ0v) is 9.24. The molecule has 0 aliphatic heterocycles. The van der Waals surface area contributed by atoms with E-state index in [-0.39, 0.29) is 0 Å². The lowest BCUT2D eigenvalue weighted by Crippen LogP contribution is -2.32. The highest BCUT2D eigenvalue weighted by Crippen LogP contribution is 2.26. The molecule has 0 bridgehead atoms. The third-order valence-corrected chi connectivity index (χ3v) is 3.36. The molecule has 1 aromatic rings.